The smallest absolute Gasteiger partial charge is 0.272 e. The molecule has 152 valence electrons. The van der Waals surface area contributed by atoms with Crippen molar-refractivity contribution in [1.29, 1.82) is 0 Å². The minimum atomic E-state index is -0.296. The molecule has 1 aliphatic heterocycles. The van der Waals surface area contributed by atoms with Crippen LogP contribution in [0, 0.1) is 0 Å². The van der Waals surface area contributed by atoms with Crippen LogP contribution in [0.2, 0.25) is 0 Å². The zero-order valence-corrected chi connectivity index (χ0v) is 16.4. The summed E-state index contributed by atoms with van der Waals surface area (Å²) in [6.07, 6.45) is 9.90. The van der Waals surface area contributed by atoms with Gasteiger partial charge in [0.1, 0.15) is 17.6 Å². The monoisotopic (exact) mass is 396 g/mol. The molecule has 5 N–H and O–H groups in total. The molecule has 0 bridgehead atoms. The lowest BCUT2D eigenvalue weighted by atomic mass is 10.1. The predicted octanol–water partition coefficient (Wildman–Crippen LogP) is 1.93. The van der Waals surface area contributed by atoms with Crippen molar-refractivity contribution in [2.75, 3.05) is 18.9 Å². The fraction of sp³-hybridized carbons (Fsp3) is 0.300. The van der Waals surface area contributed by atoms with Crippen molar-refractivity contribution in [3.05, 3.63) is 53.5 Å². The number of nitrogens with two attached hydrogens (primary N) is 1. The lowest BCUT2D eigenvalue weighted by Crippen LogP contribution is -2.32. The van der Waals surface area contributed by atoms with Gasteiger partial charge in [0.25, 0.3) is 11.8 Å². The highest BCUT2D eigenvalue weighted by Gasteiger charge is 2.18. The summed E-state index contributed by atoms with van der Waals surface area (Å²) in [6, 6.07) is 0. The van der Waals surface area contributed by atoms with Crippen molar-refractivity contribution < 1.29 is 14.3 Å². The summed E-state index contributed by atoms with van der Waals surface area (Å²) in [5, 5.41) is 5.67. The molecule has 0 spiro atoms. The van der Waals surface area contributed by atoms with Gasteiger partial charge in [0.15, 0.2) is 12.3 Å². The van der Waals surface area contributed by atoms with E-state index in [1.807, 2.05) is 32.1 Å². The Morgan fingerprint density at radius 1 is 1.31 bits per heavy atom. The second-order valence-corrected chi connectivity index (χ2v) is 6.19. The number of nitrogen functional groups attached to an aromatic ring is 1. The van der Waals surface area contributed by atoms with Gasteiger partial charge in [-0.1, -0.05) is 26.0 Å². The molecule has 2 amide bonds. The van der Waals surface area contributed by atoms with E-state index in [4.69, 9.17) is 10.5 Å². The lowest BCUT2D eigenvalue weighted by Gasteiger charge is -2.18. The Bertz CT molecular complexity index is 1020. The second kappa shape index (κ2) is 9.05. The summed E-state index contributed by atoms with van der Waals surface area (Å²) >= 11 is 0. The summed E-state index contributed by atoms with van der Waals surface area (Å²) in [4.78, 5) is 34.9. The van der Waals surface area contributed by atoms with Gasteiger partial charge in [-0.25, -0.2) is 9.97 Å². The standard InChI is InChI=1S/C18H18N6O3.C2H6/c19-11-7-21-16-15(11)22-9-23-17(16)18(26)20-6-5-10-1-3-12-13(4-2-10)27-8-14(25)24-12;1-2/h1-2,4,7,9,21H,3,5-6,8,19H2,(H,20,26)(H,24,25);1-2H3. The van der Waals surface area contributed by atoms with E-state index >= 15 is 0 Å². The van der Waals surface area contributed by atoms with Gasteiger partial charge in [0.05, 0.1) is 16.9 Å². The highest BCUT2D eigenvalue weighted by Crippen LogP contribution is 2.21. The van der Waals surface area contributed by atoms with Crippen LogP contribution in [0.4, 0.5) is 5.69 Å². The topological polar surface area (TPSA) is 135 Å². The Balaban J connectivity index is 0.00000117. The molecule has 0 unspecified atom stereocenters. The van der Waals surface area contributed by atoms with Crippen molar-refractivity contribution in [3.8, 4) is 0 Å². The summed E-state index contributed by atoms with van der Waals surface area (Å²) in [7, 11) is 0. The van der Waals surface area contributed by atoms with E-state index in [9.17, 15) is 9.59 Å². The van der Waals surface area contributed by atoms with E-state index in [1.165, 1.54) is 6.33 Å². The van der Waals surface area contributed by atoms with Gasteiger partial charge >= 0.3 is 0 Å². The molecule has 0 aromatic carbocycles. The van der Waals surface area contributed by atoms with E-state index in [-0.39, 0.29) is 24.1 Å². The molecule has 4 rings (SSSR count). The molecule has 9 heteroatoms. The minimum absolute atomic E-state index is 0.0330. The van der Waals surface area contributed by atoms with Crippen LogP contribution in [0.25, 0.3) is 11.0 Å². The first-order chi connectivity index (χ1) is 14.1. The van der Waals surface area contributed by atoms with Crippen molar-refractivity contribution in [2.45, 2.75) is 26.7 Å². The SMILES string of the molecule is CC.Nc1c[nH]c2c(C(=O)NCCC3=CCC4=C(C=C3)OCC(=O)N4)ncnc12. The number of rotatable bonds is 4. The van der Waals surface area contributed by atoms with E-state index < -0.39 is 0 Å². The van der Waals surface area contributed by atoms with Crippen LogP contribution in [-0.4, -0.2) is 39.9 Å². The number of amides is 2. The van der Waals surface area contributed by atoms with Gasteiger partial charge in [-0.05, 0) is 18.1 Å². The number of fused-ring (bicyclic) bond motifs is 1. The van der Waals surface area contributed by atoms with Gasteiger partial charge in [0, 0.05) is 19.2 Å². The molecule has 0 atom stereocenters. The van der Waals surface area contributed by atoms with E-state index in [0.29, 0.717) is 41.9 Å². The van der Waals surface area contributed by atoms with Crippen LogP contribution < -0.4 is 16.4 Å². The molecule has 2 aromatic rings. The number of hydrogen-bond donors (Lipinski definition) is 4. The van der Waals surface area contributed by atoms with Gasteiger partial charge < -0.3 is 26.1 Å². The van der Waals surface area contributed by atoms with E-state index in [1.54, 1.807) is 6.20 Å². The molecule has 29 heavy (non-hydrogen) atoms. The van der Waals surface area contributed by atoms with E-state index in [2.05, 4.69) is 25.6 Å². The predicted molar refractivity (Wildman–Crippen MR) is 110 cm³/mol. The molecule has 9 nitrogen and oxygen atoms in total. The first-order valence-electron chi connectivity index (χ1n) is 9.50. The zero-order valence-electron chi connectivity index (χ0n) is 16.4. The maximum Gasteiger partial charge on any atom is 0.272 e. The van der Waals surface area contributed by atoms with Crippen molar-refractivity contribution >= 4 is 28.5 Å². The first kappa shape index (κ1) is 20.1. The van der Waals surface area contributed by atoms with Gasteiger partial charge in [-0.2, -0.15) is 0 Å². The lowest BCUT2D eigenvalue weighted by molar-refractivity contribution is -0.125. The highest BCUT2D eigenvalue weighted by molar-refractivity contribution is 6.05. The molecule has 0 saturated carbocycles. The third-order valence-corrected chi connectivity index (χ3v) is 4.37. The molecule has 1 aliphatic carbocycles. The Hall–Kier alpha value is -3.62. The summed E-state index contributed by atoms with van der Waals surface area (Å²) in [5.41, 5.74) is 9.39. The van der Waals surface area contributed by atoms with Gasteiger partial charge in [0.2, 0.25) is 0 Å². The number of carbonyl (C=O) groups is 2. The van der Waals surface area contributed by atoms with Gasteiger partial charge in [-0.3, -0.25) is 9.59 Å². The largest absolute Gasteiger partial charge is 0.482 e. The Kier molecular flexibility index (Phi) is 6.28. The number of hydrogen-bond acceptors (Lipinski definition) is 6. The molecule has 0 radical (unpaired) electrons. The average Bonchev–Trinajstić information content (AvgIpc) is 3.00. The fourth-order valence-electron chi connectivity index (χ4n) is 3.00. The molecule has 2 aromatic heterocycles. The second-order valence-electron chi connectivity index (χ2n) is 6.19. The number of nitrogens with zero attached hydrogens (tertiary/aromatic N) is 2. The first-order valence-corrected chi connectivity index (χ1v) is 9.50. The summed E-state index contributed by atoms with van der Waals surface area (Å²) < 4.78 is 5.42. The summed E-state index contributed by atoms with van der Waals surface area (Å²) in [6.45, 7) is 4.47. The highest BCUT2D eigenvalue weighted by atomic mass is 16.5. The molecular formula is C20H24N6O3. The van der Waals surface area contributed by atoms with Crippen molar-refractivity contribution in [2.24, 2.45) is 0 Å². The van der Waals surface area contributed by atoms with Crippen LogP contribution in [0.1, 0.15) is 37.2 Å². The number of aromatic amines is 1. The van der Waals surface area contributed by atoms with Gasteiger partial charge in [-0.15, -0.1) is 0 Å². The summed E-state index contributed by atoms with van der Waals surface area (Å²) in [5.74, 6) is 0.237. The Morgan fingerprint density at radius 2 is 2.14 bits per heavy atom. The minimum Gasteiger partial charge on any atom is -0.482 e. The van der Waals surface area contributed by atoms with Crippen LogP contribution in [0.3, 0.4) is 0 Å². The number of nitrogens with one attached hydrogen (secondary N) is 3. The molecular weight excluding hydrogens is 372 g/mol. The van der Waals surface area contributed by atoms with Crippen LogP contribution in [0.5, 0.6) is 0 Å². The van der Waals surface area contributed by atoms with E-state index in [0.717, 1.165) is 11.3 Å². The van der Waals surface area contributed by atoms with Crippen LogP contribution in [-0.2, 0) is 9.53 Å². The number of anilines is 1. The number of ether oxygens (including phenoxy) is 1. The zero-order chi connectivity index (χ0) is 20.8. The van der Waals surface area contributed by atoms with Crippen LogP contribution >= 0.6 is 0 Å². The maximum atomic E-state index is 12.4. The van der Waals surface area contributed by atoms with Crippen molar-refractivity contribution in [3.63, 3.8) is 0 Å². The molecule has 3 heterocycles. The fourth-order valence-corrected chi connectivity index (χ4v) is 3.00. The normalized spacial score (nSPS) is 15.4. The number of aromatic nitrogens is 3. The third-order valence-electron chi connectivity index (χ3n) is 4.37. The molecule has 0 saturated heterocycles. The Labute approximate surface area is 168 Å². The molecule has 0 fully saturated rings. The third kappa shape index (κ3) is 4.45. The maximum absolute atomic E-state index is 12.4. The average molecular weight is 396 g/mol. The quantitative estimate of drug-likeness (QED) is 0.624. The number of H-pyrrole nitrogens is 1. The number of allylic oxidation sites excluding steroid dienone is 3. The molecule has 2 aliphatic rings. The van der Waals surface area contributed by atoms with Crippen molar-refractivity contribution in [1.82, 2.24) is 25.6 Å². The number of carbonyl (C=O) groups excluding carboxylic acids is 2. The van der Waals surface area contributed by atoms with Crippen LogP contribution in [0.15, 0.2) is 47.8 Å². The Morgan fingerprint density at radius 3 is 2.97 bits per heavy atom.